The number of aryl methyl sites for hydroxylation is 2. The Balaban J connectivity index is 1.54. The van der Waals surface area contributed by atoms with Crippen LogP contribution in [0.5, 0.6) is 0 Å². The van der Waals surface area contributed by atoms with Gasteiger partial charge in [0.15, 0.2) is 0 Å². The first kappa shape index (κ1) is 20.7. The summed E-state index contributed by atoms with van der Waals surface area (Å²) in [4.78, 5) is 56.1. The lowest BCUT2D eigenvalue weighted by molar-refractivity contribution is -0.127. The van der Waals surface area contributed by atoms with E-state index in [1.807, 2.05) is 50.2 Å². The number of imide groups is 1. The highest BCUT2D eigenvalue weighted by Gasteiger charge is 2.74. The average Bonchev–Trinajstić information content (AvgIpc) is 3.40. The molecular formula is C28H21NO5. The summed E-state index contributed by atoms with van der Waals surface area (Å²) in [5.41, 5.74) is 1.48. The van der Waals surface area contributed by atoms with Gasteiger partial charge in [0.25, 0.3) is 0 Å². The maximum absolute atomic E-state index is 13.8. The van der Waals surface area contributed by atoms with Gasteiger partial charge in [0.05, 0.1) is 23.6 Å². The molecular weight excluding hydrogens is 430 g/mol. The van der Waals surface area contributed by atoms with Crippen LogP contribution in [0.1, 0.15) is 43.5 Å². The number of ketones is 2. The van der Waals surface area contributed by atoms with Gasteiger partial charge in [-0.1, -0.05) is 71.8 Å². The topological polar surface area (TPSA) is 80.8 Å². The number of carbonyl (C=O) groups is 4. The first-order chi connectivity index (χ1) is 16.3. The van der Waals surface area contributed by atoms with E-state index in [-0.39, 0.29) is 11.1 Å². The van der Waals surface area contributed by atoms with Gasteiger partial charge in [0.1, 0.15) is 0 Å². The van der Waals surface area contributed by atoms with Crippen LogP contribution in [0, 0.1) is 25.7 Å². The smallest absolute Gasteiger partial charge is 0.241 e. The minimum atomic E-state index is -2.05. The van der Waals surface area contributed by atoms with Crippen LogP contribution in [0.4, 0.5) is 5.69 Å². The number of hydrogen-bond donors (Lipinski definition) is 0. The Hall–Kier alpha value is -3.90. The third-order valence-corrected chi connectivity index (χ3v) is 7.22. The lowest BCUT2D eigenvalue weighted by atomic mass is 9.77. The summed E-state index contributed by atoms with van der Waals surface area (Å²) in [7, 11) is 0. The maximum atomic E-state index is 13.8. The Labute approximate surface area is 196 Å². The van der Waals surface area contributed by atoms with Gasteiger partial charge in [-0.05, 0) is 31.5 Å². The standard InChI is InChI=1S/C28H21NO5/c1-15-7-11-17(12-8-15)23-21-22(27(33)29(26(21)32)18-13-9-16(2)10-14-18)28(34-23)24(30)19-5-3-4-6-20(19)25(28)31/h3-14,21-23H,1-2H3/t21-,22+,23-/m0/s1. The fraction of sp³-hybridized carbons (Fsp3) is 0.214. The predicted octanol–water partition coefficient (Wildman–Crippen LogP) is 4.00. The number of nitrogens with zero attached hydrogens (tertiary/aromatic N) is 1. The van der Waals surface area contributed by atoms with Crippen LogP contribution in [0.25, 0.3) is 0 Å². The van der Waals surface area contributed by atoms with Crippen molar-refractivity contribution in [3.05, 3.63) is 101 Å². The molecule has 3 aromatic carbocycles. The molecule has 2 aliphatic heterocycles. The number of fused-ring (bicyclic) bond motifs is 3. The lowest BCUT2D eigenvalue weighted by Crippen LogP contribution is -2.51. The average molecular weight is 451 g/mol. The molecule has 2 fully saturated rings. The van der Waals surface area contributed by atoms with Gasteiger partial charge in [-0.15, -0.1) is 0 Å². The SMILES string of the molecule is Cc1ccc([C@@H]2OC3(C(=O)c4ccccc4C3=O)[C@H]3C(=O)N(c4ccc(C)cc4)C(=O)[C@H]23)cc1. The minimum absolute atomic E-state index is 0.227. The Morgan fingerprint density at radius 1 is 0.706 bits per heavy atom. The molecule has 3 aromatic rings. The van der Waals surface area contributed by atoms with Crippen LogP contribution in [0.3, 0.4) is 0 Å². The molecule has 1 aliphatic carbocycles. The predicted molar refractivity (Wildman–Crippen MR) is 123 cm³/mol. The van der Waals surface area contributed by atoms with E-state index in [4.69, 9.17) is 4.74 Å². The molecule has 6 nitrogen and oxygen atoms in total. The van der Waals surface area contributed by atoms with Crippen LogP contribution < -0.4 is 4.90 Å². The zero-order chi connectivity index (χ0) is 23.8. The van der Waals surface area contributed by atoms with E-state index in [0.29, 0.717) is 11.3 Å². The number of carbonyl (C=O) groups excluding carboxylic acids is 4. The van der Waals surface area contributed by atoms with Gasteiger partial charge in [-0.25, -0.2) is 4.90 Å². The van der Waals surface area contributed by atoms with Crippen LogP contribution >= 0.6 is 0 Å². The largest absolute Gasteiger partial charge is 0.349 e. The van der Waals surface area contributed by atoms with Crippen molar-refractivity contribution in [2.24, 2.45) is 11.8 Å². The normalized spacial score (nSPS) is 24.8. The first-order valence-corrected chi connectivity index (χ1v) is 11.2. The zero-order valence-electron chi connectivity index (χ0n) is 18.6. The highest BCUT2D eigenvalue weighted by Crippen LogP contribution is 2.57. The molecule has 0 N–H and O–H groups in total. The second kappa shape index (κ2) is 7.05. The molecule has 0 bridgehead atoms. The summed E-state index contributed by atoms with van der Waals surface area (Å²) < 4.78 is 6.29. The number of hydrogen-bond acceptors (Lipinski definition) is 5. The Morgan fingerprint density at radius 3 is 1.79 bits per heavy atom. The van der Waals surface area contributed by atoms with Gasteiger partial charge < -0.3 is 4.74 Å². The van der Waals surface area contributed by atoms with Gasteiger partial charge in [0.2, 0.25) is 29.0 Å². The molecule has 34 heavy (non-hydrogen) atoms. The summed E-state index contributed by atoms with van der Waals surface area (Å²) in [6, 6.07) is 20.9. The van der Waals surface area contributed by atoms with Crippen molar-refractivity contribution in [3.63, 3.8) is 0 Å². The van der Waals surface area contributed by atoms with Crippen molar-refractivity contribution in [1.29, 1.82) is 0 Å². The van der Waals surface area contributed by atoms with Crippen LogP contribution in [-0.4, -0.2) is 29.0 Å². The Morgan fingerprint density at radius 2 is 1.24 bits per heavy atom. The van der Waals surface area contributed by atoms with E-state index in [0.717, 1.165) is 16.0 Å². The van der Waals surface area contributed by atoms with Crippen molar-refractivity contribution in [2.75, 3.05) is 4.90 Å². The number of anilines is 1. The number of amides is 2. The van der Waals surface area contributed by atoms with E-state index in [9.17, 15) is 19.2 Å². The molecule has 3 atom stereocenters. The summed E-state index contributed by atoms with van der Waals surface area (Å²) >= 11 is 0. The monoisotopic (exact) mass is 451 g/mol. The molecule has 2 amide bonds. The Bertz CT molecular complexity index is 1350. The van der Waals surface area contributed by atoms with Crippen molar-refractivity contribution in [2.45, 2.75) is 25.6 Å². The fourth-order valence-corrected chi connectivity index (χ4v) is 5.52. The molecule has 0 unspecified atom stereocenters. The number of Topliss-reactive ketones (excluding diaryl/α,β-unsaturated/α-hetero) is 2. The molecule has 2 heterocycles. The zero-order valence-corrected chi connectivity index (χ0v) is 18.6. The molecule has 168 valence electrons. The highest BCUT2D eigenvalue weighted by molar-refractivity contribution is 6.37. The van der Waals surface area contributed by atoms with Gasteiger partial charge in [-0.2, -0.15) is 0 Å². The minimum Gasteiger partial charge on any atom is -0.349 e. The molecule has 0 saturated carbocycles. The second-order valence-electron chi connectivity index (χ2n) is 9.24. The van der Waals surface area contributed by atoms with E-state index < -0.39 is 46.9 Å². The van der Waals surface area contributed by atoms with E-state index in [1.165, 1.54) is 0 Å². The third-order valence-electron chi connectivity index (χ3n) is 7.22. The van der Waals surface area contributed by atoms with Crippen molar-refractivity contribution >= 4 is 29.1 Å². The van der Waals surface area contributed by atoms with Crippen molar-refractivity contribution in [1.82, 2.24) is 0 Å². The number of ether oxygens (including phenoxy) is 1. The van der Waals surface area contributed by atoms with Gasteiger partial charge in [0, 0.05) is 11.1 Å². The fourth-order valence-electron chi connectivity index (χ4n) is 5.52. The van der Waals surface area contributed by atoms with E-state index in [2.05, 4.69) is 0 Å². The number of benzene rings is 3. The molecule has 1 spiro atoms. The summed E-state index contributed by atoms with van der Waals surface area (Å²) in [6.07, 6.45) is -0.903. The van der Waals surface area contributed by atoms with E-state index >= 15 is 0 Å². The molecule has 0 aromatic heterocycles. The second-order valence-corrected chi connectivity index (χ2v) is 9.24. The van der Waals surface area contributed by atoms with Gasteiger partial charge >= 0.3 is 0 Å². The summed E-state index contributed by atoms with van der Waals surface area (Å²) in [6.45, 7) is 3.85. The van der Waals surface area contributed by atoms with E-state index in [1.54, 1.807) is 36.4 Å². The third kappa shape index (κ3) is 2.54. The summed E-state index contributed by atoms with van der Waals surface area (Å²) in [5, 5.41) is 0. The van der Waals surface area contributed by atoms with Crippen LogP contribution in [-0.2, 0) is 14.3 Å². The molecule has 6 heteroatoms. The molecule has 2 saturated heterocycles. The van der Waals surface area contributed by atoms with Crippen LogP contribution in [0.15, 0.2) is 72.8 Å². The molecule has 0 radical (unpaired) electrons. The molecule has 6 rings (SSSR count). The summed E-state index contributed by atoms with van der Waals surface area (Å²) in [5.74, 6) is -4.37. The van der Waals surface area contributed by atoms with Crippen LogP contribution in [0.2, 0.25) is 0 Å². The number of rotatable bonds is 2. The first-order valence-electron chi connectivity index (χ1n) is 11.2. The highest BCUT2D eigenvalue weighted by atomic mass is 16.5. The quantitative estimate of drug-likeness (QED) is 0.435. The maximum Gasteiger partial charge on any atom is 0.241 e. The molecule has 3 aliphatic rings. The van der Waals surface area contributed by atoms with Crippen molar-refractivity contribution < 1.29 is 23.9 Å². The van der Waals surface area contributed by atoms with Gasteiger partial charge in [-0.3, -0.25) is 19.2 Å². The van der Waals surface area contributed by atoms with Crippen molar-refractivity contribution in [3.8, 4) is 0 Å². The lowest BCUT2D eigenvalue weighted by Gasteiger charge is -2.27. The Kier molecular flexibility index (Phi) is 4.29.